The van der Waals surface area contributed by atoms with Crippen molar-refractivity contribution < 1.29 is 0 Å². The molecule has 0 aliphatic carbocycles. The molecule has 1 heterocycles. The van der Waals surface area contributed by atoms with Crippen LogP contribution in [0.15, 0.2) is 0 Å². The van der Waals surface area contributed by atoms with E-state index in [1.807, 2.05) is 30.4 Å². The molecule has 0 aromatic rings. The molecule has 0 saturated carbocycles. The van der Waals surface area contributed by atoms with E-state index in [1.54, 1.807) is 0 Å². The van der Waals surface area contributed by atoms with Gasteiger partial charge < -0.3 is 5.73 Å². The molecule has 2 atom stereocenters. The predicted octanol–water partition coefficient (Wildman–Crippen LogP) is 1.58. The summed E-state index contributed by atoms with van der Waals surface area (Å²) in [5, 5.41) is 0.629. The average molecular weight is 201 g/mol. The summed E-state index contributed by atoms with van der Waals surface area (Å²) in [6, 6.07) is 0.273. The number of hydrogen-bond acceptors (Lipinski definition) is 3. The van der Waals surface area contributed by atoms with Gasteiger partial charge in [0.25, 0.3) is 0 Å². The van der Waals surface area contributed by atoms with E-state index in [0.29, 0.717) is 5.25 Å². The first-order valence-electron chi connectivity index (χ1n) is 4.19. The van der Waals surface area contributed by atoms with Crippen LogP contribution in [0.4, 0.5) is 0 Å². The molecule has 1 aliphatic heterocycles. The van der Waals surface area contributed by atoms with Crippen molar-refractivity contribution in [3.63, 3.8) is 0 Å². The number of hydrogen-bond donors (Lipinski definition) is 1. The van der Waals surface area contributed by atoms with Crippen molar-refractivity contribution in [1.29, 1.82) is 0 Å². The Morgan fingerprint density at radius 2 is 2.42 bits per heavy atom. The molecular weight excluding hydrogens is 186 g/mol. The lowest BCUT2D eigenvalue weighted by Gasteiger charge is -2.25. The molecule has 2 N–H and O–H groups in total. The zero-order valence-electron chi connectivity index (χ0n) is 7.38. The lowest BCUT2D eigenvalue weighted by atomic mass is 10.2. The fraction of sp³-hybridized carbons (Fsp3) is 0.778. The predicted molar refractivity (Wildman–Crippen MR) is 59.6 cm³/mol. The van der Waals surface area contributed by atoms with Crippen LogP contribution >= 0.6 is 23.5 Å². The molecule has 1 nitrogen and oxygen atoms in total. The van der Waals surface area contributed by atoms with E-state index < -0.39 is 0 Å². The molecule has 12 heavy (non-hydrogen) atoms. The fourth-order valence-corrected chi connectivity index (χ4v) is 3.93. The highest BCUT2D eigenvalue weighted by Gasteiger charge is 2.20. The van der Waals surface area contributed by atoms with Gasteiger partial charge in [0, 0.05) is 35.0 Å². The van der Waals surface area contributed by atoms with E-state index in [4.69, 9.17) is 5.73 Å². The third kappa shape index (κ3) is 3.30. The standard InChI is InChI=1S/C9H15NS2/c1-2-3-4-8(10)9-7-11-5-6-12-9/h8-9H,4-7,10H2,1H3. The van der Waals surface area contributed by atoms with Crippen LogP contribution in [0.25, 0.3) is 0 Å². The van der Waals surface area contributed by atoms with Gasteiger partial charge in [-0.3, -0.25) is 0 Å². The molecule has 0 radical (unpaired) electrons. The summed E-state index contributed by atoms with van der Waals surface area (Å²) in [7, 11) is 0. The maximum absolute atomic E-state index is 6.00. The van der Waals surface area contributed by atoms with E-state index in [9.17, 15) is 0 Å². The first kappa shape index (κ1) is 10.3. The van der Waals surface area contributed by atoms with Gasteiger partial charge in [0.2, 0.25) is 0 Å². The Kier molecular flexibility index (Phi) is 4.98. The lowest BCUT2D eigenvalue weighted by molar-refractivity contribution is 0.687. The van der Waals surface area contributed by atoms with Crippen LogP contribution in [0, 0.1) is 11.8 Å². The molecule has 3 heteroatoms. The smallest absolute Gasteiger partial charge is 0.0299 e. The monoisotopic (exact) mass is 201 g/mol. The minimum absolute atomic E-state index is 0.273. The van der Waals surface area contributed by atoms with Gasteiger partial charge in [0.1, 0.15) is 0 Å². The number of nitrogens with two attached hydrogens (primary N) is 1. The van der Waals surface area contributed by atoms with Crippen molar-refractivity contribution in [1.82, 2.24) is 0 Å². The molecule has 0 bridgehead atoms. The summed E-state index contributed by atoms with van der Waals surface area (Å²) in [5.74, 6) is 9.68. The van der Waals surface area contributed by atoms with Crippen LogP contribution in [0.2, 0.25) is 0 Å². The third-order valence-electron chi connectivity index (χ3n) is 1.83. The van der Waals surface area contributed by atoms with Crippen molar-refractivity contribution in [3.8, 4) is 11.8 Å². The first-order chi connectivity index (χ1) is 5.84. The van der Waals surface area contributed by atoms with Gasteiger partial charge in [-0.1, -0.05) is 0 Å². The molecule has 68 valence electrons. The molecule has 0 amide bonds. The molecule has 1 rings (SSSR count). The van der Waals surface area contributed by atoms with Crippen molar-refractivity contribution >= 4 is 23.5 Å². The van der Waals surface area contributed by atoms with Crippen molar-refractivity contribution in [2.45, 2.75) is 24.6 Å². The van der Waals surface area contributed by atoms with Gasteiger partial charge in [-0.05, 0) is 6.92 Å². The number of thioether (sulfide) groups is 2. The minimum Gasteiger partial charge on any atom is -0.326 e. The summed E-state index contributed by atoms with van der Waals surface area (Å²) >= 11 is 4.02. The Balaban J connectivity index is 2.27. The Morgan fingerprint density at radius 1 is 1.58 bits per heavy atom. The summed E-state index contributed by atoms with van der Waals surface area (Å²) in [5.41, 5.74) is 6.00. The van der Waals surface area contributed by atoms with Crippen molar-refractivity contribution in [3.05, 3.63) is 0 Å². The van der Waals surface area contributed by atoms with E-state index >= 15 is 0 Å². The summed E-state index contributed by atoms with van der Waals surface area (Å²) in [6.07, 6.45) is 0.856. The zero-order chi connectivity index (χ0) is 8.81. The zero-order valence-corrected chi connectivity index (χ0v) is 9.01. The largest absolute Gasteiger partial charge is 0.326 e. The molecule has 1 aliphatic rings. The minimum atomic E-state index is 0.273. The quantitative estimate of drug-likeness (QED) is 0.687. The number of rotatable bonds is 2. The second-order valence-electron chi connectivity index (χ2n) is 2.78. The second kappa shape index (κ2) is 5.80. The van der Waals surface area contributed by atoms with Crippen LogP contribution in [0.5, 0.6) is 0 Å². The maximum Gasteiger partial charge on any atom is 0.0299 e. The van der Waals surface area contributed by atoms with Crippen LogP contribution in [0.3, 0.4) is 0 Å². The molecule has 1 fully saturated rings. The van der Waals surface area contributed by atoms with Gasteiger partial charge in [0.15, 0.2) is 0 Å². The van der Waals surface area contributed by atoms with E-state index in [1.165, 1.54) is 17.3 Å². The maximum atomic E-state index is 6.00. The summed E-state index contributed by atoms with van der Waals surface area (Å²) in [4.78, 5) is 0. The molecule has 1 saturated heterocycles. The van der Waals surface area contributed by atoms with Crippen LogP contribution in [-0.2, 0) is 0 Å². The highest BCUT2D eigenvalue weighted by atomic mass is 32.2. The fourth-order valence-electron chi connectivity index (χ4n) is 1.10. The third-order valence-corrected chi connectivity index (χ3v) is 4.78. The van der Waals surface area contributed by atoms with Gasteiger partial charge in [-0.25, -0.2) is 0 Å². The normalized spacial score (nSPS) is 25.7. The Hall–Kier alpha value is 0.220. The summed E-state index contributed by atoms with van der Waals surface area (Å²) in [6.45, 7) is 1.87. The molecule has 0 spiro atoms. The molecular formula is C9H15NS2. The van der Waals surface area contributed by atoms with Gasteiger partial charge >= 0.3 is 0 Å². The van der Waals surface area contributed by atoms with E-state index in [2.05, 4.69) is 11.8 Å². The molecule has 0 aromatic heterocycles. The Morgan fingerprint density at radius 3 is 3.00 bits per heavy atom. The van der Waals surface area contributed by atoms with Gasteiger partial charge in [-0.2, -0.15) is 23.5 Å². The first-order valence-corrected chi connectivity index (χ1v) is 6.39. The highest BCUT2D eigenvalue weighted by Crippen LogP contribution is 2.26. The Bertz CT molecular complexity index is 177. The topological polar surface area (TPSA) is 26.0 Å². The van der Waals surface area contributed by atoms with Gasteiger partial charge in [0.05, 0.1) is 0 Å². The second-order valence-corrected chi connectivity index (χ2v) is 5.28. The lowest BCUT2D eigenvalue weighted by Crippen LogP contribution is -2.35. The van der Waals surface area contributed by atoms with Crippen LogP contribution in [0.1, 0.15) is 13.3 Å². The molecule has 0 aromatic carbocycles. The van der Waals surface area contributed by atoms with Crippen molar-refractivity contribution in [2.24, 2.45) is 5.73 Å². The van der Waals surface area contributed by atoms with E-state index in [0.717, 1.165) is 6.42 Å². The van der Waals surface area contributed by atoms with Crippen LogP contribution < -0.4 is 5.73 Å². The van der Waals surface area contributed by atoms with Gasteiger partial charge in [-0.15, -0.1) is 11.8 Å². The SMILES string of the molecule is CC#CCC(N)C1CSCCS1. The van der Waals surface area contributed by atoms with E-state index in [-0.39, 0.29) is 6.04 Å². The highest BCUT2D eigenvalue weighted by molar-refractivity contribution is 8.06. The Labute approximate surface area is 83.2 Å². The van der Waals surface area contributed by atoms with Crippen LogP contribution in [-0.4, -0.2) is 28.6 Å². The summed E-state index contributed by atoms with van der Waals surface area (Å²) < 4.78 is 0. The molecule has 2 unspecified atom stereocenters. The average Bonchev–Trinajstić information content (AvgIpc) is 2.15. The van der Waals surface area contributed by atoms with Crippen molar-refractivity contribution in [2.75, 3.05) is 17.3 Å².